The average molecular weight is 371 g/mol. The summed E-state index contributed by atoms with van der Waals surface area (Å²) >= 11 is 2.29. The van der Waals surface area contributed by atoms with Crippen LogP contribution in [0.5, 0.6) is 0 Å². The van der Waals surface area contributed by atoms with E-state index in [2.05, 4.69) is 47.4 Å². The van der Waals surface area contributed by atoms with Gasteiger partial charge in [-0.1, -0.05) is 31.4 Å². The van der Waals surface area contributed by atoms with Gasteiger partial charge in [0.05, 0.1) is 5.56 Å². The van der Waals surface area contributed by atoms with Crippen LogP contribution in [-0.2, 0) is 0 Å². The number of benzene rings is 1. The molecule has 19 heavy (non-hydrogen) atoms. The highest BCUT2D eigenvalue weighted by Gasteiger charge is 2.26. The number of hydrogen-bond donors (Lipinski definition) is 0. The third-order valence-corrected chi connectivity index (χ3v) is 5.47. The van der Waals surface area contributed by atoms with Gasteiger partial charge in [0, 0.05) is 16.2 Å². The lowest BCUT2D eigenvalue weighted by Crippen LogP contribution is -2.41. The Morgan fingerprint density at radius 2 is 2.00 bits per heavy atom. The number of rotatable bonds is 3. The van der Waals surface area contributed by atoms with Crippen LogP contribution in [0.25, 0.3) is 0 Å². The van der Waals surface area contributed by atoms with Gasteiger partial charge in [0.2, 0.25) is 0 Å². The number of nitrogens with zero attached hydrogens (tertiary/aromatic N) is 1. The number of halogens is 1. The lowest BCUT2D eigenvalue weighted by Gasteiger charge is -2.34. The van der Waals surface area contributed by atoms with Crippen molar-refractivity contribution in [3.05, 3.63) is 32.9 Å². The van der Waals surface area contributed by atoms with E-state index in [0.717, 1.165) is 15.7 Å². The Hall–Kier alpha value is -0.580. The number of aryl methyl sites for hydroxylation is 1. The van der Waals surface area contributed by atoms with Gasteiger partial charge in [-0.25, -0.2) is 0 Å². The largest absolute Gasteiger partial charge is 0.336 e. The zero-order chi connectivity index (χ0) is 13.8. The van der Waals surface area contributed by atoms with Crippen LogP contribution >= 0.6 is 22.6 Å². The predicted octanol–water partition coefficient (Wildman–Crippen LogP) is 4.39. The highest BCUT2D eigenvalue weighted by molar-refractivity contribution is 14.1. The Labute approximate surface area is 129 Å². The van der Waals surface area contributed by atoms with Gasteiger partial charge in [-0.15, -0.1) is 0 Å². The SMILES string of the molecule is CCN(C(=O)c1cccc(C)c1I)C1CCCCC1. The van der Waals surface area contributed by atoms with Crippen LogP contribution < -0.4 is 0 Å². The van der Waals surface area contributed by atoms with E-state index in [1.807, 2.05) is 12.1 Å². The first-order valence-corrected chi connectivity index (χ1v) is 8.29. The Morgan fingerprint density at radius 3 is 2.63 bits per heavy atom. The quantitative estimate of drug-likeness (QED) is 0.722. The van der Waals surface area contributed by atoms with Crippen molar-refractivity contribution >= 4 is 28.5 Å². The lowest BCUT2D eigenvalue weighted by molar-refractivity contribution is 0.0646. The number of carbonyl (C=O) groups is 1. The molecule has 1 aromatic rings. The normalized spacial score (nSPS) is 16.4. The molecule has 0 radical (unpaired) electrons. The zero-order valence-electron chi connectivity index (χ0n) is 11.8. The monoisotopic (exact) mass is 371 g/mol. The summed E-state index contributed by atoms with van der Waals surface area (Å²) in [5.41, 5.74) is 2.05. The fraction of sp³-hybridized carbons (Fsp3) is 0.562. The summed E-state index contributed by atoms with van der Waals surface area (Å²) in [7, 11) is 0. The van der Waals surface area contributed by atoms with Crippen molar-refractivity contribution < 1.29 is 4.79 Å². The molecule has 0 N–H and O–H groups in total. The Balaban J connectivity index is 2.22. The molecular formula is C16H22INO. The molecule has 1 amide bonds. The van der Waals surface area contributed by atoms with Gasteiger partial charge >= 0.3 is 0 Å². The molecule has 0 saturated heterocycles. The first-order valence-electron chi connectivity index (χ1n) is 7.21. The van der Waals surface area contributed by atoms with Crippen molar-refractivity contribution in [2.75, 3.05) is 6.54 Å². The minimum atomic E-state index is 0.211. The van der Waals surface area contributed by atoms with Gasteiger partial charge in [-0.2, -0.15) is 0 Å². The van der Waals surface area contributed by atoms with Gasteiger partial charge in [0.1, 0.15) is 0 Å². The molecule has 1 fully saturated rings. The molecule has 1 aliphatic rings. The maximum atomic E-state index is 12.8. The molecule has 104 valence electrons. The fourth-order valence-corrected chi connectivity index (χ4v) is 3.52. The molecule has 1 aromatic carbocycles. The summed E-state index contributed by atoms with van der Waals surface area (Å²) in [6.07, 6.45) is 6.19. The predicted molar refractivity (Wildman–Crippen MR) is 87.5 cm³/mol. The average Bonchev–Trinajstić information content (AvgIpc) is 2.44. The smallest absolute Gasteiger partial charge is 0.255 e. The van der Waals surface area contributed by atoms with E-state index in [1.54, 1.807) is 0 Å². The molecule has 3 heteroatoms. The van der Waals surface area contributed by atoms with Gasteiger partial charge in [0.15, 0.2) is 0 Å². The number of hydrogen-bond acceptors (Lipinski definition) is 1. The topological polar surface area (TPSA) is 20.3 Å². The van der Waals surface area contributed by atoms with Gasteiger partial charge in [-0.05, 0) is 60.9 Å². The minimum absolute atomic E-state index is 0.211. The Morgan fingerprint density at radius 1 is 1.32 bits per heavy atom. The number of amides is 1. The van der Waals surface area contributed by atoms with E-state index in [4.69, 9.17) is 0 Å². The van der Waals surface area contributed by atoms with Crippen molar-refractivity contribution in [3.8, 4) is 0 Å². The Kier molecular flexibility index (Phi) is 5.25. The van der Waals surface area contributed by atoms with E-state index in [1.165, 1.54) is 37.7 Å². The molecule has 0 aromatic heterocycles. The second kappa shape index (κ2) is 6.73. The second-order valence-electron chi connectivity index (χ2n) is 5.32. The molecule has 2 rings (SSSR count). The van der Waals surface area contributed by atoms with E-state index < -0.39 is 0 Å². The molecule has 0 bridgehead atoms. The summed E-state index contributed by atoms with van der Waals surface area (Å²) in [4.78, 5) is 14.8. The van der Waals surface area contributed by atoms with Crippen molar-refractivity contribution in [2.24, 2.45) is 0 Å². The van der Waals surface area contributed by atoms with Crippen LogP contribution in [0.2, 0.25) is 0 Å². The standard InChI is InChI=1S/C16H22INO/c1-3-18(13-9-5-4-6-10-13)16(19)14-11-7-8-12(2)15(14)17/h7-8,11,13H,3-6,9-10H2,1-2H3. The van der Waals surface area contributed by atoms with Crippen molar-refractivity contribution in [3.63, 3.8) is 0 Å². The van der Waals surface area contributed by atoms with Crippen LogP contribution in [0, 0.1) is 10.5 Å². The summed E-state index contributed by atoms with van der Waals surface area (Å²) in [6, 6.07) is 6.46. The fourth-order valence-electron chi connectivity index (χ4n) is 2.93. The van der Waals surface area contributed by atoms with Crippen LogP contribution in [0.4, 0.5) is 0 Å². The molecule has 0 aliphatic heterocycles. The van der Waals surface area contributed by atoms with Gasteiger partial charge in [0.25, 0.3) is 5.91 Å². The molecule has 1 saturated carbocycles. The van der Waals surface area contributed by atoms with Crippen molar-refractivity contribution in [1.82, 2.24) is 4.90 Å². The molecule has 0 unspecified atom stereocenters. The van der Waals surface area contributed by atoms with Crippen LogP contribution in [0.3, 0.4) is 0 Å². The van der Waals surface area contributed by atoms with Crippen molar-refractivity contribution in [1.29, 1.82) is 0 Å². The van der Waals surface area contributed by atoms with Crippen molar-refractivity contribution in [2.45, 2.75) is 52.0 Å². The molecular weight excluding hydrogens is 349 g/mol. The number of carbonyl (C=O) groups excluding carboxylic acids is 1. The van der Waals surface area contributed by atoms with Gasteiger partial charge in [-0.3, -0.25) is 4.79 Å². The van der Waals surface area contributed by atoms with E-state index in [-0.39, 0.29) is 5.91 Å². The lowest BCUT2D eigenvalue weighted by atomic mass is 9.93. The van der Waals surface area contributed by atoms with Gasteiger partial charge < -0.3 is 4.90 Å². The maximum Gasteiger partial charge on any atom is 0.255 e. The summed E-state index contributed by atoms with van der Waals surface area (Å²) < 4.78 is 1.10. The molecule has 0 heterocycles. The first kappa shape index (κ1) is 14.8. The first-order chi connectivity index (χ1) is 9.15. The molecule has 1 aliphatic carbocycles. The van der Waals surface area contributed by atoms with E-state index >= 15 is 0 Å². The molecule has 2 nitrogen and oxygen atoms in total. The zero-order valence-corrected chi connectivity index (χ0v) is 13.9. The summed E-state index contributed by atoms with van der Waals surface area (Å²) in [5, 5.41) is 0. The molecule has 0 spiro atoms. The van der Waals surface area contributed by atoms with Crippen LogP contribution in [0.1, 0.15) is 54.9 Å². The maximum absolute atomic E-state index is 12.8. The minimum Gasteiger partial charge on any atom is -0.336 e. The second-order valence-corrected chi connectivity index (χ2v) is 6.40. The van der Waals surface area contributed by atoms with Crippen LogP contribution in [0.15, 0.2) is 18.2 Å². The Bertz CT molecular complexity index is 452. The van der Waals surface area contributed by atoms with E-state index in [9.17, 15) is 4.79 Å². The van der Waals surface area contributed by atoms with E-state index in [0.29, 0.717) is 6.04 Å². The highest BCUT2D eigenvalue weighted by atomic mass is 127. The van der Waals surface area contributed by atoms with Crippen LogP contribution in [-0.4, -0.2) is 23.4 Å². The summed E-state index contributed by atoms with van der Waals surface area (Å²) in [6.45, 7) is 4.97. The third-order valence-electron chi connectivity index (χ3n) is 4.04. The highest BCUT2D eigenvalue weighted by Crippen LogP contribution is 2.25. The summed E-state index contributed by atoms with van der Waals surface area (Å²) in [5.74, 6) is 0.211. The third kappa shape index (κ3) is 3.30. The molecule has 0 atom stereocenters.